The van der Waals surface area contributed by atoms with E-state index in [4.69, 9.17) is 0 Å². The Morgan fingerprint density at radius 1 is 1.09 bits per heavy atom. The van der Waals surface area contributed by atoms with Gasteiger partial charge < -0.3 is 0 Å². The van der Waals surface area contributed by atoms with Gasteiger partial charge in [0, 0.05) is 0 Å². The van der Waals surface area contributed by atoms with Crippen LogP contribution >= 0.6 is 0 Å². The molecule has 0 aliphatic heterocycles. The van der Waals surface area contributed by atoms with E-state index >= 15 is 0 Å². The minimum atomic E-state index is -3.87. The quantitative estimate of drug-likeness (QED) is 0.942. The van der Waals surface area contributed by atoms with Crippen LogP contribution in [0.4, 0.5) is 4.39 Å². The standard InChI is InChI=1S/C16H15FN2O2S/c1-12-3-9-15(10-4-12)22(20,21)19-16(2,11-18)13-5-7-14(17)8-6-13/h3-10,19H,1-2H3. The van der Waals surface area contributed by atoms with Crippen molar-refractivity contribution < 1.29 is 12.8 Å². The molecule has 0 spiro atoms. The third-order valence-electron chi connectivity index (χ3n) is 3.31. The van der Waals surface area contributed by atoms with Crippen LogP contribution in [-0.4, -0.2) is 8.42 Å². The van der Waals surface area contributed by atoms with E-state index in [0.29, 0.717) is 5.56 Å². The molecule has 0 bridgehead atoms. The average molecular weight is 318 g/mol. The Kier molecular flexibility index (Phi) is 4.31. The number of sulfonamides is 1. The summed E-state index contributed by atoms with van der Waals surface area (Å²) in [6.45, 7) is 3.29. The molecule has 1 atom stereocenters. The van der Waals surface area contributed by atoms with Gasteiger partial charge in [-0.1, -0.05) is 29.8 Å². The van der Waals surface area contributed by atoms with E-state index in [1.54, 1.807) is 12.1 Å². The maximum atomic E-state index is 13.0. The van der Waals surface area contributed by atoms with Crippen LogP contribution in [0.5, 0.6) is 0 Å². The highest BCUT2D eigenvalue weighted by molar-refractivity contribution is 7.89. The summed E-state index contributed by atoms with van der Waals surface area (Å²) in [5.41, 5.74) is -0.190. The van der Waals surface area contributed by atoms with E-state index in [1.165, 1.54) is 43.3 Å². The number of nitrogens with zero attached hydrogens (tertiary/aromatic N) is 1. The summed E-state index contributed by atoms with van der Waals surface area (Å²) < 4.78 is 40.2. The molecular formula is C16H15FN2O2S. The lowest BCUT2D eigenvalue weighted by Crippen LogP contribution is -2.42. The normalized spacial score (nSPS) is 14.1. The van der Waals surface area contributed by atoms with Gasteiger partial charge in [0.2, 0.25) is 10.0 Å². The highest BCUT2D eigenvalue weighted by atomic mass is 32.2. The summed E-state index contributed by atoms with van der Waals surface area (Å²) in [7, 11) is -3.87. The van der Waals surface area contributed by atoms with Crippen molar-refractivity contribution in [2.45, 2.75) is 24.3 Å². The number of aryl methyl sites for hydroxylation is 1. The van der Waals surface area contributed by atoms with Crippen LogP contribution in [-0.2, 0) is 15.6 Å². The summed E-state index contributed by atoms with van der Waals surface area (Å²) in [4.78, 5) is 0.0710. The summed E-state index contributed by atoms with van der Waals surface area (Å²) >= 11 is 0. The summed E-state index contributed by atoms with van der Waals surface area (Å²) in [5.74, 6) is -0.453. The minimum absolute atomic E-state index is 0.0710. The molecule has 0 radical (unpaired) electrons. The number of nitrogens with one attached hydrogen (secondary N) is 1. The number of rotatable bonds is 4. The van der Waals surface area contributed by atoms with Crippen molar-refractivity contribution in [1.82, 2.24) is 4.72 Å². The SMILES string of the molecule is Cc1ccc(S(=O)(=O)NC(C)(C#N)c2ccc(F)cc2)cc1. The molecule has 22 heavy (non-hydrogen) atoms. The first kappa shape index (κ1) is 16.1. The van der Waals surface area contributed by atoms with Crippen LogP contribution < -0.4 is 4.72 Å². The number of nitriles is 1. The Bertz CT molecular complexity index is 809. The molecule has 6 heteroatoms. The van der Waals surface area contributed by atoms with Gasteiger partial charge in [0.05, 0.1) is 11.0 Å². The topological polar surface area (TPSA) is 70.0 Å². The van der Waals surface area contributed by atoms with Gasteiger partial charge in [-0.2, -0.15) is 9.98 Å². The molecule has 1 unspecified atom stereocenters. The molecule has 0 aliphatic rings. The van der Waals surface area contributed by atoms with Gasteiger partial charge in [0.15, 0.2) is 0 Å². The average Bonchev–Trinajstić information content (AvgIpc) is 2.47. The van der Waals surface area contributed by atoms with Crippen LogP contribution in [0.1, 0.15) is 18.1 Å². The van der Waals surface area contributed by atoms with Gasteiger partial charge >= 0.3 is 0 Å². The molecule has 0 amide bonds. The van der Waals surface area contributed by atoms with E-state index in [-0.39, 0.29) is 4.90 Å². The number of hydrogen-bond acceptors (Lipinski definition) is 3. The van der Waals surface area contributed by atoms with Gasteiger partial charge in [-0.15, -0.1) is 0 Å². The molecule has 0 aliphatic carbocycles. The largest absolute Gasteiger partial charge is 0.242 e. The maximum absolute atomic E-state index is 13.0. The van der Waals surface area contributed by atoms with Crippen molar-refractivity contribution in [2.75, 3.05) is 0 Å². The lowest BCUT2D eigenvalue weighted by atomic mass is 9.95. The first-order valence-corrected chi connectivity index (χ1v) is 8.03. The molecule has 4 nitrogen and oxygen atoms in total. The van der Waals surface area contributed by atoms with Gasteiger partial charge in [-0.3, -0.25) is 0 Å². The molecule has 0 saturated heterocycles. The highest BCUT2D eigenvalue weighted by Gasteiger charge is 2.32. The number of hydrogen-bond donors (Lipinski definition) is 1. The Labute approximate surface area is 129 Å². The second-order valence-corrected chi connectivity index (χ2v) is 6.84. The number of halogens is 1. The summed E-state index contributed by atoms with van der Waals surface area (Å²) in [6.07, 6.45) is 0. The Hall–Kier alpha value is -2.23. The molecule has 1 N–H and O–H groups in total. The maximum Gasteiger partial charge on any atom is 0.242 e. The van der Waals surface area contributed by atoms with Crippen molar-refractivity contribution in [3.63, 3.8) is 0 Å². The van der Waals surface area contributed by atoms with Gasteiger partial charge in [0.1, 0.15) is 11.4 Å². The first-order chi connectivity index (χ1) is 10.3. The molecule has 114 valence electrons. The third-order valence-corrected chi connectivity index (χ3v) is 4.88. The fourth-order valence-corrected chi connectivity index (χ4v) is 3.29. The third kappa shape index (κ3) is 3.32. The zero-order valence-corrected chi connectivity index (χ0v) is 13.0. The van der Waals surface area contributed by atoms with E-state index in [1.807, 2.05) is 13.0 Å². The smallest absolute Gasteiger partial charge is 0.207 e. The van der Waals surface area contributed by atoms with Crippen molar-refractivity contribution in [1.29, 1.82) is 5.26 Å². The van der Waals surface area contributed by atoms with Crippen molar-refractivity contribution in [2.24, 2.45) is 0 Å². The Morgan fingerprint density at radius 2 is 1.64 bits per heavy atom. The van der Waals surface area contributed by atoms with Crippen molar-refractivity contribution in [3.05, 3.63) is 65.5 Å². The Balaban J connectivity index is 2.39. The van der Waals surface area contributed by atoms with Crippen LogP contribution in [0.2, 0.25) is 0 Å². The van der Waals surface area contributed by atoms with Crippen molar-refractivity contribution in [3.8, 4) is 6.07 Å². The van der Waals surface area contributed by atoms with Crippen LogP contribution in [0.25, 0.3) is 0 Å². The lowest BCUT2D eigenvalue weighted by molar-refractivity contribution is 0.522. The second kappa shape index (κ2) is 5.87. The minimum Gasteiger partial charge on any atom is -0.207 e. The predicted molar refractivity (Wildman–Crippen MR) is 80.9 cm³/mol. The summed E-state index contributed by atoms with van der Waals surface area (Å²) in [5, 5.41) is 9.39. The fourth-order valence-electron chi connectivity index (χ4n) is 1.97. The van der Waals surface area contributed by atoms with Crippen LogP contribution in [0.3, 0.4) is 0 Å². The molecule has 0 fully saturated rings. The fraction of sp³-hybridized carbons (Fsp3) is 0.188. The molecule has 2 aromatic carbocycles. The van der Waals surface area contributed by atoms with Gasteiger partial charge in [-0.25, -0.2) is 12.8 Å². The van der Waals surface area contributed by atoms with E-state index in [2.05, 4.69) is 4.72 Å². The molecule has 0 heterocycles. The highest BCUT2D eigenvalue weighted by Crippen LogP contribution is 2.23. The number of benzene rings is 2. The predicted octanol–water partition coefficient (Wildman–Crippen LogP) is 2.85. The molecule has 0 saturated carbocycles. The molecular weight excluding hydrogens is 303 g/mol. The van der Waals surface area contributed by atoms with E-state index < -0.39 is 21.4 Å². The van der Waals surface area contributed by atoms with Crippen molar-refractivity contribution >= 4 is 10.0 Å². The summed E-state index contributed by atoms with van der Waals surface area (Å²) in [6, 6.07) is 13.4. The molecule has 0 aromatic heterocycles. The monoisotopic (exact) mass is 318 g/mol. The van der Waals surface area contributed by atoms with Gasteiger partial charge in [0.25, 0.3) is 0 Å². The molecule has 2 aromatic rings. The van der Waals surface area contributed by atoms with Gasteiger partial charge in [-0.05, 0) is 43.7 Å². The van der Waals surface area contributed by atoms with Crippen LogP contribution in [0.15, 0.2) is 53.4 Å². The van der Waals surface area contributed by atoms with E-state index in [9.17, 15) is 18.1 Å². The zero-order chi connectivity index (χ0) is 16.4. The second-order valence-electron chi connectivity index (χ2n) is 5.16. The zero-order valence-electron chi connectivity index (χ0n) is 12.2. The lowest BCUT2D eigenvalue weighted by Gasteiger charge is -2.23. The first-order valence-electron chi connectivity index (χ1n) is 6.55. The Morgan fingerprint density at radius 3 is 2.14 bits per heavy atom. The van der Waals surface area contributed by atoms with Crippen LogP contribution in [0, 0.1) is 24.1 Å². The van der Waals surface area contributed by atoms with E-state index in [0.717, 1.165) is 5.56 Å². The molecule has 2 rings (SSSR count).